The Morgan fingerprint density at radius 3 is 2.32 bits per heavy atom. The van der Waals surface area contributed by atoms with Crippen molar-refractivity contribution < 1.29 is 22.6 Å². The Hall–Kier alpha value is -1.46. The maximum Gasteiger partial charge on any atom is 0.437 e. The predicted octanol–water partition coefficient (Wildman–Crippen LogP) is 3.82. The molecule has 0 amide bonds. The number of hydrogen-bond donors (Lipinski definition) is 0. The fraction of sp³-hybridized carbons (Fsp3) is 0.615. The van der Waals surface area contributed by atoms with E-state index < -0.39 is 17.5 Å². The van der Waals surface area contributed by atoms with Crippen molar-refractivity contribution in [2.24, 2.45) is 0 Å². The van der Waals surface area contributed by atoms with E-state index in [-0.39, 0.29) is 11.9 Å². The molecule has 0 unspecified atom stereocenters. The van der Waals surface area contributed by atoms with Crippen molar-refractivity contribution in [3.8, 4) is 11.5 Å². The molecule has 0 N–H and O–H groups in total. The van der Waals surface area contributed by atoms with Crippen LogP contribution in [0.15, 0.2) is 12.3 Å². The standard InChI is InChI=1S/C13H16F3NO2/c1-12(2,3)19-10-6-9(18-8-4-5-8)7-17-11(10)13(14,15)16/h6-8H,4-5H2,1-3H3. The fourth-order valence-electron chi connectivity index (χ4n) is 1.49. The third kappa shape index (κ3) is 4.01. The first-order valence-corrected chi connectivity index (χ1v) is 6.08. The summed E-state index contributed by atoms with van der Waals surface area (Å²) in [6.45, 7) is 5.05. The van der Waals surface area contributed by atoms with Gasteiger partial charge in [-0.1, -0.05) is 0 Å². The fourth-order valence-corrected chi connectivity index (χ4v) is 1.49. The molecule has 1 aliphatic rings. The van der Waals surface area contributed by atoms with Gasteiger partial charge in [-0.3, -0.25) is 0 Å². The number of halogens is 3. The zero-order valence-corrected chi connectivity index (χ0v) is 11.0. The zero-order valence-electron chi connectivity index (χ0n) is 11.0. The van der Waals surface area contributed by atoms with Gasteiger partial charge < -0.3 is 9.47 Å². The van der Waals surface area contributed by atoms with Crippen molar-refractivity contribution >= 4 is 0 Å². The van der Waals surface area contributed by atoms with E-state index in [4.69, 9.17) is 9.47 Å². The Morgan fingerprint density at radius 2 is 1.84 bits per heavy atom. The maximum absolute atomic E-state index is 12.8. The van der Waals surface area contributed by atoms with Gasteiger partial charge in [-0.2, -0.15) is 13.2 Å². The molecule has 0 radical (unpaired) electrons. The van der Waals surface area contributed by atoms with Crippen molar-refractivity contribution in [1.29, 1.82) is 0 Å². The number of aromatic nitrogens is 1. The van der Waals surface area contributed by atoms with Gasteiger partial charge in [0.15, 0.2) is 11.4 Å². The van der Waals surface area contributed by atoms with E-state index in [0.29, 0.717) is 5.75 Å². The lowest BCUT2D eigenvalue weighted by Gasteiger charge is -2.23. The molecule has 1 heterocycles. The average molecular weight is 275 g/mol. The van der Waals surface area contributed by atoms with E-state index in [0.717, 1.165) is 19.0 Å². The smallest absolute Gasteiger partial charge is 0.437 e. The van der Waals surface area contributed by atoms with Gasteiger partial charge in [0.25, 0.3) is 0 Å². The molecule has 1 aromatic rings. The first kappa shape index (κ1) is 14.0. The minimum absolute atomic E-state index is 0.0982. The van der Waals surface area contributed by atoms with Crippen molar-refractivity contribution in [3.05, 3.63) is 18.0 Å². The summed E-state index contributed by atoms with van der Waals surface area (Å²) in [4.78, 5) is 3.44. The molecule has 3 nitrogen and oxygen atoms in total. The van der Waals surface area contributed by atoms with Gasteiger partial charge in [-0.25, -0.2) is 4.98 Å². The summed E-state index contributed by atoms with van der Waals surface area (Å²) in [7, 11) is 0. The molecule has 2 rings (SSSR count). The Balaban J connectivity index is 2.31. The molecule has 1 aliphatic carbocycles. The van der Waals surface area contributed by atoms with Crippen LogP contribution in [0.2, 0.25) is 0 Å². The molecule has 0 aliphatic heterocycles. The van der Waals surface area contributed by atoms with Crippen LogP contribution >= 0.6 is 0 Å². The summed E-state index contributed by atoms with van der Waals surface area (Å²) in [6, 6.07) is 1.26. The molecule has 6 heteroatoms. The molecule has 0 aromatic carbocycles. The summed E-state index contributed by atoms with van der Waals surface area (Å²) in [5.74, 6) is 0.0212. The Bertz CT molecular complexity index is 462. The van der Waals surface area contributed by atoms with Gasteiger partial charge >= 0.3 is 6.18 Å². The molecule has 1 fully saturated rings. The second kappa shape index (κ2) is 4.58. The predicted molar refractivity (Wildman–Crippen MR) is 63.3 cm³/mol. The van der Waals surface area contributed by atoms with Crippen LogP contribution in [-0.4, -0.2) is 16.7 Å². The molecular weight excluding hydrogens is 259 g/mol. The quantitative estimate of drug-likeness (QED) is 0.840. The van der Waals surface area contributed by atoms with Crippen LogP contribution in [0.3, 0.4) is 0 Å². The van der Waals surface area contributed by atoms with Crippen LogP contribution in [0.25, 0.3) is 0 Å². The van der Waals surface area contributed by atoms with Crippen LogP contribution in [-0.2, 0) is 6.18 Å². The molecule has 19 heavy (non-hydrogen) atoms. The third-order valence-electron chi connectivity index (χ3n) is 2.34. The van der Waals surface area contributed by atoms with E-state index >= 15 is 0 Å². The van der Waals surface area contributed by atoms with Crippen molar-refractivity contribution in [3.63, 3.8) is 0 Å². The van der Waals surface area contributed by atoms with E-state index in [1.54, 1.807) is 20.8 Å². The van der Waals surface area contributed by atoms with E-state index in [1.165, 1.54) is 6.07 Å². The first-order chi connectivity index (χ1) is 8.65. The van der Waals surface area contributed by atoms with Gasteiger partial charge in [-0.15, -0.1) is 0 Å². The minimum Gasteiger partial charge on any atom is -0.489 e. The van der Waals surface area contributed by atoms with Gasteiger partial charge in [0.2, 0.25) is 0 Å². The zero-order chi connectivity index (χ0) is 14.3. The normalized spacial score (nSPS) is 16.3. The summed E-state index contributed by atoms with van der Waals surface area (Å²) >= 11 is 0. The Labute approximate surface area is 109 Å². The van der Waals surface area contributed by atoms with Crippen molar-refractivity contribution in [2.75, 3.05) is 0 Å². The van der Waals surface area contributed by atoms with Crippen LogP contribution in [0, 0.1) is 0 Å². The van der Waals surface area contributed by atoms with Crippen molar-refractivity contribution in [2.45, 2.75) is 51.5 Å². The monoisotopic (exact) mass is 275 g/mol. The molecule has 0 bridgehead atoms. The Morgan fingerprint density at radius 1 is 1.21 bits per heavy atom. The van der Waals surface area contributed by atoms with Crippen LogP contribution in [0.1, 0.15) is 39.3 Å². The molecule has 0 spiro atoms. The largest absolute Gasteiger partial charge is 0.489 e. The number of ether oxygens (including phenoxy) is 2. The van der Waals surface area contributed by atoms with Gasteiger partial charge in [0.1, 0.15) is 11.4 Å². The molecule has 0 saturated heterocycles. The number of nitrogens with zero attached hydrogens (tertiary/aromatic N) is 1. The summed E-state index contributed by atoms with van der Waals surface area (Å²) in [5.41, 5.74) is -1.76. The lowest BCUT2D eigenvalue weighted by Crippen LogP contribution is -2.25. The molecule has 0 atom stereocenters. The van der Waals surface area contributed by atoms with Gasteiger partial charge in [0, 0.05) is 6.07 Å². The second-order valence-corrected chi connectivity index (χ2v) is 5.55. The number of rotatable bonds is 3. The average Bonchev–Trinajstić information content (AvgIpc) is 2.97. The van der Waals surface area contributed by atoms with Crippen LogP contribution in [0.5, 0.6) is 11.5 Å². The molecule has 106 valence electrons. The van der Waals surface area contributed by atoms with Gasteiger partial charge in [-0.05, 0) is 33.6 Å². The van der Waals surface area contributed by atoms with Gasteiger partial charge in [0.05, 0.1) is 12.3 Å². The lowest BCUT2D eigenvalue weighted by atomic mass is 10.2. The highest BCUT2D eigenvalue weighted by atomic mass is 19.4. The summed E-state index contributed by atoms with van der Waals surface area (Å²) in [5, 5.41) is 0. The number of hydrogen-bond acceptors (Lipinski definition) is 3. The SMILES string of the molecule is CC(C)(C)Oc1cc(OC2CC2)cnc1C(F)(F)F. The maximum atomic E-state index is 12.8. The molecule has 1 aromatic heterocycles. The minimum atomic E-state index is -4.54. The van der Waals surface area contributed by atoms with E-state index in [1.807, 2.05) is 0 Å². The summed E-state index contributed by atoms with van der Waals surface area (Å²) in [6.07, 6.45) is -1.50. The highest BCUT2D eigenvalue weighted by Gasteiger charge is 2.38. The van der Waals surface area contributed by atoms with Crippen LogP contribution < -0.4 is 9.47 Å². The number of alkyl halides is 3. The topological polar surface area (TPSA) is 31.4 Å². The van der Waals surface area contributed by atoms with Crippen molar-refractivity contribution in [1.82, 2.24) is 4.98 Å². The molecule has 1 saturated carbocycles. The third-order valence-corrected chi connectivity index (χ3v) is 2.34. The number of pyridine rings is 1. The highest BCUT2D eigenvalue weighted by molar-refractivity contribution is 5.37. The van der Waals surface area contributed by atoms with E-state index in [9.17, 15) is 13.2 Å². The summed E-state index contributed by atoms with van der Waals surface area (Å²) < 4.78 is 49.3. The first-order valence-electron chi connectivity index (χ1n) is 6.08. The highest BCUT2D eigenvalue weighted by Crippen LogP contribution is 2.38. The lowest BCUT2D eigenvalue weighted by molar-refractivity contribution is -0.143. The van der Waals surface area contributed by atoms with Crippen LogP contribution in [0.4, 0.5) is 13.2 Å². The second-order valence-electron chi connectivity index (χ2n) is 5.55. The molecular formula is C13H16F3NO2. The Kier molecular flexibility index (Phi) is 3.36. The van der Waals surface area contributed by atoms with E-state index in [2.05, 4.69) is 4.98 Å².